The quantitative estimate of drug-likeness (QED) is 0.836. The monoisotopic (exact) mass is 240 g/mol. The molecule has 1 unspecified atom stereocenters. The van der Waals surface area contributed by atoms with Crippen LogP contribution in [0.1, 0.15) is 33.2 Å². The second-order valence-electron chi connectivity index (χ2n) is 4.49. The highest BCUT2D eigenvalue weighted by atomic mass is 16.3. The number of hydrogen-bond acceptors (Lipinski definition) is 2. The van der Waals surface area contributed by atoms with Crippen molar-refractivity contribution >= 4 is 5.78 Å². The minimum Gasteiger partial charge on any atom is -0.380 e. The van der Waals surface area contributed by atoms with Crippen molar-refractivity contribution in [2.45, 2.75) is 20.0 Å². The summed E-state index contributed by atoms with van der Waals surface area (Å²) in [6.07, 6.45) is -1.09. The number of hydrogen-bond donors (Lipinski definition) is 1. The number of aliphatic hydroxyl groups is 1. The summed E-state index contributed by atoms with van der Waals surface area (Å²) in [5.74, 6) is -0.260. The number of carbonyl (C=O) groups excluding carboxylic acids is 1. The molecule has 1 atom stereocenters. The van der Waals surface area contributed by atoms with Crippen molar-refractivity contribution in [3.63, 3.8) is 0 Å². The molecule has 2 nitrogen and oxygen atoms in total. The molecular weight excluding hydrogens is 224 g/mol. The number of aliphatic hydroxyl groups excluding tert-OH is 1. The van der Waals surface area contributed by atoms with Crippen LogP contribution in [0.5, 0.6) is 0 Å². The molecule has 0 heterocycles. The lowest BCUT2D eigenvalue weighted by Crippen LogP contribution is -2.13. The Bertz CT molecular complexity index is 559. The van der Waals surface area contributed by atoms with Gasteiger partial charge >= 0.3 is 0 Å². The van der Waals surface area contributed by atoms with Gasteiger partial charge in [-0.05, 0) is 25.0 Å². The zero-order chi connectivity index (χ0) is 13.1. The van der Waals surface area contributed by atoms with Crippen LogP contribution in [-0.4, -0.2) is 10.9 Å². The summed E-state index contributed by atoms with van der Waals surface area (Å²) in [6, 6.07) is 14.6. The summed E-state index contributed by atoms with van der Waals surface area (Å²) in [7, 11) is 0. The summed E-state index contributed by atoms with van der Waals surface area (Å²) < 4.78 is 0. The lowest BCUT2D eigenvalue weighted by atomic mass is 9.95. The summed E-state index contributed by atoms with van der Waals surface area (Å²) in [5, 5.41) is 10.2. The molecule has 2 aromatic carbocycles. The third kappa shape index (κ3) is 2.49. The molecule has 1 N–H and O–H groups in total. The fourth-order valence-electron chi connectivity index (χ4n) is 1.96. The van der Waals surface area contributed by atoms with Gasteiger partial charge in [0.2, 0.25) is 0 Å². The molecule has 2 aromatic rings. The van der Waals surface area contributed by atoms with Crippen molar-refractivity contribution in [2.24, 2.45) is 0 Å². The van der Waals surface area contributed by atoms with Gasteiger partial charge in [0.05, 0.1) is 0 Å². The number of carbonyl (C=O) groups is 1. The highest BCUT2D eigenvalue weighted by Gasteiger charge is 2.20. The van der Waals surface area contributed by atoms with Crippen LogP contribution in [-0.2, 0) is 0 Å². The zero-order valence-electron chi connectivity index (χ0n) is 10.6. The molecular formula is C16H16O2. The van der Waals surface area contributed by atoms with Crippen molar-refractivity contribution < 1.29 is 9.90 Å². The molecule has 2 heteroatoms. The molecule has 0 spiro atoms. The predicted molar refractivity (Wildman–Crippen MR) is 71.6 cm³/mol. The average Bonchev–Trinajstić information content (AvgIpc) is 2.41. The fraction of sp³-hybridized carbons (Fsp3) is 0.188. The van der Waals surface area contributed by atoms with Crippen LogP contribution in [0.15, 0.2) is 48.5 Å². The normalized spacial score (nSPS) is 12.2. The maximum atomic E-state index is 12.2. The molecule has 92 valence electrons. The van der Waals surface area contributed by atoms with E-state index in [4.69, 9.17) is 0 Å². The van der Waals surface area contributed by atoms with E-state index in [2.05, 4.69) is 0 Å². The van der Waals surface area contributed by atoms with Crippen molar-refractivity contribution in [3.05, 3.63) is 70.8 Å². The topological polar surface area (TPSA) is 37.3 Å². The second-order valence-corrected chi connectivity index (χ2v) is 4.49. The van der Waals surface area contributed by atoms with E-state index in [-0.39, 0.29) is 5.78 Å². The molecule has 0 saturated heterocycles. The van der Waals surface area contributed by atoms with Gasteiger partial charge in [0.15, 0.2) is 5.78 Å². The first-order valence-electron chi connectivity index (χ1n) is 5.94. The number of aryl methyl sites for hydroxylation is 2. The Morgan fingerprint density at radius 3 is 2.39 bits per heavy atom. The van der Waals surface area contributed by atoms with E-state index in [1.54, 1.807) is 24.3 Å². The van der Waals surface area contributed by atoms with Gasteiger partial charge in [-0.15, -0.1) is 0 Å². The van der Waals surface area contributed by atoms with Gasteiger partial charge < -0.3 is 5.11 Å². The summed E-state index contributed by atoms with van der Waals surface area (Å²) in [6.45, 7) is 3.85. The fourth-order valence-corrected chi connectivity index (χ4v) is 1.96. The van der Waals surface area contributed by atoms with E-state index in [0.29, 0.717) is 11.1 Å². The molecule has 0 fully saturated rings. The predicted octanol–water partition coefficient (Wildman–Crippen LogP) is 3.22. The van der Waals surface area contributed by atoms with Crippen LogP contribution < -0.4 is 0 Å². The summed E-state index contributed by atoms with van der Waals surface area (Å²) >= 11 is 0. The Morgan fingerprint density at radius 1 is 1.06 bits per heavy atom. The van der Waals surface area contributed by atoms with Crippen molar-refractivity contribution in [2.75, 3.05) is 0 Å². The standard InChI is InChI=1S/C16H16O2/c1-11-8-9-12(2)14(10-11)16(18)15(17)13-6-4-3-5-7-13/h3-10,16,18H,1-2H3. The smallest absolute Gasteiger partial charge is 0.195 e. The number of Topliss-reactive ketones (excluding diaryl/α,β-unsaturated/α-hetero) is 1. The Kier molecular flexibility index (Phi) is 3.58. The number of ketones is 1. The maximum Gasteiger partial charge on any atom is 0.195 e. The first-order chi connectivity index (χ1) is 8.59. The van der Waals surface area contributed by atoms with E-state index in [9.17, 15) is 9.90 Å². The summed E-state index contributed by atoms with van der Waals surface area (Å²) in [5.41, 5.74) is 3.18. The SMILES string of the molecule is Cc1ccc(C)c(C(O)C(=O)c2ccccc2)c1. The van der Waals surface area contributed by atoms with Crippen LogP contribution in [0.4, 0.5) is 0 Å². The van der Waals surface area contributed by atoms with E-state index in [1.165, 1.54) is 0 Å². The van der Waals surface area contributed by atoms with Gasteiger partial charge in [-0.2, -0.15) is 0 Å². The molecule has 0 bridgehead atoms. The molecule has 2 rings (SSSR count). The van der Waals surface area contributed by atoms with E-state index >= 15 is 0 Å². The molecule has 0 amide bonds. The summed E-state index contributed by atoms with van der Waals surface area (Å²) in [4.78, 5) is 12.2. The molecule has 18 heavy (non-hydrogen) atoms. The highest BCUT2D eigenvalue weighted by molar-refractivity contribution is 6.00. The first-order valence-corrected chi connectivity index (χ1v) is 5.94. The van der Waals surface area contributed by atoms with Gasteiger partial charge in [0, 0.05) is 5.56 Å². The zero-order valence-corrected chi connectivity index (χ0v) is 10.6. The highest BCUT2D eigenvalue weighted by Crippen LogP contribution is 2.22. The lowest BCUT2D eigenvalue weighted by Gasteiger charge is -2.13. The molecule has 0 radical (unpaired) electrons. The van der Waals surface area contributed by atoms with Crippen LogP contribution in [0.25, 0.3) is 0 Å². The van der Waals surface area contributed by atoms with Gasteiger partial charge in [0.1, 0.15) is 6.10 Å². The number of benzene rings is 2. The lowest BCUT2D eigenvalue weighted by molar-refractivity contribution is 0.0746. The molecule has 0 aliphatic heterocycles. The van der Waals surface area contributed by atoms with Crippen molar-refractivity contribution in [3.8, 4) is 0 Å². The Hall–Kier alpha value is -1.93. The van der Waals surface area contributed by atoms with Crippen molar-refractivity contribution in [1.82, 2.24) is 0 Å². The first kappa shape index (κ1) is 12.5. The van der Waals surface area contributed by atoms with E-state index < -0.39 is 6.10 Å². The van der Waals surface area contributed by atoms with Crippen LogP contribution >= 0.6 is 0 Å². The van der Waals surface area contributed by atoms with Crippen LogP contribution in [0, 0.1) is 13.8 Å². The van der Waals surface area contributed by atoms with Crippen molar-refractivity contribution in [1.29, 1.82) is 0 Å². The largest absolute Gasteiger partial charge is 0.380 e. The molecule has 0 aromatic heterocycles. The second kappa shape index (κ2) is 5.15. The molecule has 0 saturated carbocycles. The minimum absolute atomic E-state index is 0.260. The van der Waals surface area contributed by atoms with Gasteiger partial charge in [-0.25, -0.2) is 0 Å². The molecule has 0 aliphatic carbocycles. The average molecular weight is 240 g/mol. The maximum absolute atomic E-state index is 12.2. The number of rotatable bonds is 3. The Morgan fingerprint density at radius 2 is 1.72 bits per heavy atom. The Labute approximate surface area is 107 Å². The third-order valence-corrected chi connectivity index (χ3v) is 3.04. The van der Waals surface area contributed by atoms with E-state index in [0.717, 1.165) is 11.1 Å². The van der Waals surface area contributed by atoms with Crippen LogP contribution in [0.2, 0.25) is 0 Å². The van der Waals surface area contributed by atoms with E-state index in [1.807, 2.05) is 38.1 Å². The van der Waals surface area contributed by atoms with Gasteiger partial charge in [-0.1, -0.05) is 54.1 Å². The minimum atomic E-state index is -1.09. The van der Waals surface area contributed by atoms with Crippen LogP contribution in [0.3, 0.4) is 0 Å². The Balaban J connectivity index is 2.34. The van der Waals surface area contributed by atoms with Gasteiger partial charge in [-0.3, -0.25) is 4.79 Å². The third-order valence-electron chi connectivity index (χ3n) is 3.04. The molecule has 0 aliphatic rings. The van der Waals surface area contributed by atoms with Gasteiger partial charge in [0.25, 0.3) is 0 Å².